The van der Waals surface area contributed by atoms with Gasteiger partial charge in [-0.3, -0.25) is 0 Å². The molecule has 1 aromatic rings. The topological polar surface area (TPSA) is 0 Å². The zero-order chi connectivity index (χ0) is 11.7. The van der Waals surface area contributed by atoms with Crippen LogP contribution in [-0.4, -0.2) is 0 Å². The first-order chi connectivity index (χ1) is 8.36. The number of hydrogen-bond acceptors (Lipinski definition) is 0. The van der Waals surface area contributed by atoms with Gasteiger partial charge in [0, 0.05) is 5.92 Å². The van der Waals surface area contributed by atoms with E-state index in [4.69, 9.17) is 0 Å². The number of rotatable bonds is 0. The summed E-state index contributed by atoms with van der Waals surface area (Å²) in [5.74, 6) is 0.479. The summed E-state index contributed by atoms with van der Waals surface area (Å²) < 4.78 is 0. The highest BCUT2D eigenvalue weighted by Gasteiger charge is 2.17. The highest BCUT2D eigenvalue weighted by molar-refractivity contribution is 5.64. The SMILES string of the molecule is CC1C2=C(C=Cc3ccccc31)CC=CC=C2. The third-order valence-electron chi connectivity index (χ3n) is 3.62. The van der Waals surface area contributed by atoms with Crippen molar-refractivity contribution >= 4 is 6.08 Å². The quantitative estimate of drug-likeness (QED) is 0.598. The Morgan fingerprint density at radius 3 is 2.82 bits per heavy atom. The van der Waals surface area contributed by atoms with E-state index >= 15 is 0 Å². The minimum Gasteiger partial charge on any atom is -0.0801 e. The van der Waals surface area contributed by atoms with Crippen LogP contribution in [0.3, 0.4) is 0 Å². The molecule has 84 valence electrons. The molecule has 0 fully saturated rings. The van der Waals surface area contributed by atoms with Crippen molar-refractivity contribution in [1.29, 1.82) is 0 Å². The first kappa shape index (κ1) is 10.3. The lowest BCUT2D eigenvalue weighted by Gasteiger charge is -2.16. The fraction of sp³-hybridized carbons (Fsp3) is 0.176. The van der Waals surface area contributed by atoms with Gasteiger partial charge >= 0.3 is 0 Å². The summed E-state index contributed by atoms with van der Waals surface area (Å²) in [6.45, 7) is 2.30. The Kier molecular flexibility index (Phi) is 2.56. The van der Waals surface area contributed by atoms with Crippen LogP contribution in [0.2, 0.25) is 0 Å². The number of hydrogen-bond donors (Lipinski definition) is 0. The lowest BCUT2D eigenvalue weighted by molar-refractivity contribution is 0.906. The fourth-order valence-corrected chi connectivity index (χ4v) is 2.66. The van der Waals surface area contributed by atoms with Crippen LogP contribution in [-0.2, 0) is 0 Å². The Morgan fingerprint density at radius 1 is 1.00 bits per heavy atom. The van der Waals surface area contributed by atoms with Crippen LogP contribution < -0.4 is 0 Å². The van der Waals surface area contributed by atoms with Crippen LogP contribution in [0, 0.1) is 0 Å². The molecule has 0 heterocycles. The molecular weight excluding hydrogens is 204 g/mol. The fourth-order valence-electron chi connectivity index (χ4n) is 2.66. The van der Waals surface area contributed by atoms with Gasteiger partial charge in [-0.05, 0) is 28.7 Å². The monoisotopic (exact) mass is 220 g/mol. The number of benzene rings is 1. The van der Waals surface area contributed by atoms with Crippen molar-refractivity contribution in [3.8, 4) is 0 Å². The summed E-state index contributed by atoms with van der Waals surface area (Å²) in [7, 11) is 0. The van der Waals surface area contributed by atoms with Crippen molar-refractivity contribution in [2.24, 2.45) is 0 Å². The molecule has 0 nitrogen and oxygen atoms in total. The van der Waals surface area contributed by atoms with E-state index in [0.717, 1.165) is 6.42 Å². The van der Waals surface area contributed by atoms with Gasteiger partial charge in [0.1, 0.15) is 0 Å². The van der Waals surface area contributed by atoms with Crippen molar-refractivity contribution in [1.82, 2.24) is 0 Å². The molecular formula is C17H16. The molecule has 0 bridgehead atoms. The average molecular weight is 220 g/mol. The van der Waals surface area contributed by atoms with Gasteiger partial charge in [-0.15, -0.1) is 0 Å². The number of fused-ring (bicyclic) bond motifs is 1. The Balaban J connectivity index is 2.16. The summed E-state index contributed by atoms with van der Waals surface area (Å²) >= 11 is 0. The highest BCUT2D eigenvalue weighted by atomic mass is 14.2. The van der Waals surface area contributed by atoms with Gasteiger partial charge in [-0.2, -0.15) is 0 Å². The van der Waals surface area contributed by atoms with E-state index in [1.807, 2.05) is 0 Å². The predicted molar refractivity (Wildman–Crippen MR) is 73.8 cm³/mol. The molecule has 17 heavy (non-hydrogen) atoms. The van der Waals surface area contributed by atoms with E-state index < -0.39 is 0 Å². The van der Waals surface area contributed by atoms with Gasteiger partial charge < -0.3 is 0 Å². The van der Waals surface area contributed by atoms with Crippen molar-refractivity contribution < 1.29 is 0 Å². The van der Waals surface area contributed by atoms with Crippen LogP contribution in [0.4, 0.5) is 0 Å². The normalized spacial score (nSPS) is 21.8. The second-order valence-corrected chi connectivity index (χ2v) is 4.66. The van der Waals surface area contributed by atoms with Crippen molar-refractivity contribution in [2.45, 2.75) is 19.3 Å². The Bertz CT molecular complexity index is 553. The molecule has 0 N–H and O–H groups in total. The molecule has 2 aliphatic rings. The van der Waals surface area contributed by atoms with E-state index in [9.17, 15) is 0 Å². The second-order valence-electron chi connectivity index (χ2n) is 4.66. The van der Waals surface area contributed by atoms with E-state index in [1.54, 1.807) is 0 Å². The van der Waals surface area contributed by atoms with E-state index in [1.165, 1.54) is 22.3 Å². The van der Waals surface area contributed by atoms with Gasteiger partial charge in [0.15, 0.2) is 0 Å². The third kappa shape index (κ3) is 1.80. The Morgan fingerprint density at radius 2 is 1.88 bits per heavy atom. The standard InChI is InChI=1S/C17H16/c1-13-16-9-4-2-3-7-14(16)11-12-15-8-5-6-10-17(13)15/h2-6,8-13H,7H2,1H3. The van der Waals surface area contributed by atoms with Gasteiger partial charge in [-0.25, -0.2) is 0 Å². The molecule has 0 aliphatic heterocycles. The summed E-state index contributed by atoms with van der Waals surface area (Å²) in [6.07, 6.45) is 14.3. The first-order valence-electron chi connectivity index (χ1n) is 6.19. The second kappa shape index (κ2) is 4.21. The molecule has 0 saturated heterocycles. The molecule has 0 saturated carbocycles. The highest BCUT2D eigenvalue weighted by Crippen LogP contribution is 2.35. The van der Waals surface area contributed by atoms with Gasteiger partial charge in [-0.1, -0.05) is 67.6 Å². The van der Waals surface area contributed by atoms with E-state index in [-0.39, 0.29) is 0 Å². The maximum absolute atomic E-state index is 2.30. The van der Waals surface area contributed by atoms with Crippen molar-refractivity contribution in [2.75, 3.05) is 0 Å². The smallest absolute Gasteiger partial charge is 0.00697 e. The number of allylic oxidation sites excluding steroid dienone is 7. The van der Waals surface area contributed by atoms with Crippen LogP contribution in [0.1, 0.15) is 30.4 Å². The molecule has 0 heteroatoms. The van der Waals surface area contributed by atoms with E-state index in [2.05, 4.69) is 67.6 Å². The van der Waals surface area contributed by atoms with Crippen LogP contribution in [0.25, 0.3) is 6.08 Å². The predicted octanol–water partition coefficient (Wildman–Crippen LogP) is 4.63. The Labute approximate surface area is 103 Å². The summed E-state index contributed by atoms with van der Waals surface area (Å²) in [6, 6.07) is 8.69. The van der Waals surface area contributed by atoms with Gasteiger partial charge in [0.05, 0.1) is 0 Å². The zero-order valence-corrected chi connectivity index (χ0v) is 10.1. The van der Waals surface area contributed by atoms with Gasteiger partial charge in [0.25, 0.3) is 0 Å². The lowest BCUT2D eigenvalue weighted by atomic mass is 9.88. The first-order valence-corrected chi connectivity index (χ1v) is 6.19. The van der Waals surface area contributed by atoms with E-state index in [0.29, 0.717) is 5.92 Å². The molecule has 1 atom stereocenters. The molecule has 1 aromatic carbocycles. The van der Waals surface area contributed by atoms with Crippen molar-refractivity contribution in [3.05, 3.63) is 76.9 Å². The minimum atomic E-state index is 0.479. The Hall–Kier alpha value is -1.82. The maximum Gasteiger partial charge on any atom is 0.00697 e. The molecule has 0 aromatic heterocycles. The molecule has 3 rings (SSSR count). The largest absolute Gasteiger partial charge is 0.0801 e. The molecule has 1 unspecified atom stereocenters. The van der Waals surface area contributed by atoms with Crippen LogP contribution in [0.15, 0.2) is 65.8 Å². The average Bonchev–Trinajstić information content (AvgIpc) is 2.66. The minimum absolute atomic E-state index is 0.479. The van der Waals surface area contributed by atoms with Gasteiger partial charge in [0.2, 0.25) is 0 Å². The molecule has 0 spiro atoms. The molecule has 0 amide bonds. The molecule has 2 aliphatic carbocycles. The third-order valence-corrected chi connectivity index (χ3v) is 3.62. The zero-order valence-electron chi connectivity index (χ0n) is 10.1. The van der Waals surface area contributed by atoms with Crippen molar-refractivity contribution in [3.63, 3.8) is 0 Å². The maximum atomic E-state index is 2.30. The summed E-state index contributed by atoms with van der Waals surface area (Å²) in [4.78, 5) is 0. The summed E-state index contributed by atoms with van der Waals surface area (Å²) in [5.41, 5.74) is 5.68. The van der Waals surface area contributed by atoms with Crippen LogP contribution in [0.5, 0.6) is 0 Å². The lowest BCUT2D eigenvalue weighted by Crippen LogP contribution is -1.99. The summed E-state index contributed by atoms with van der Waals surface area (Å²) in [5, 5.41) is 0. The van der Waals surface area contributed by atoms with Crippen LogP contribution >= 0.6 is 0 Å². The molecule has 0 radical (unpaired) electrons.